The molecule has 15 heavy (non-hydrogen) atoms. The number of hydrogen-bond acceptors (Lipinski definition) is 4. The standard InChI is InChI=1S/C8H15NO3.BH2OP/c1-6(10)5-9-7(11)12-8(2,3)4;2-1-3/h5H2,1-4H3,(H,9,11);3H2. The van der Waals surface area contributed by atoms with Crippen LogP contribution in [-0.2, 0) is 14.2 Å². The first-order valence-corrected chi connectivity index (χ1v) is 5.01. The van der Waals surface area contributed by atoms with Crippen molar-refractivity contribution in [3.63, 3.8) is 0 Å². The van der Waals surface area contributed by atoms with Crippen LogP contribution in [0.4, 0.5) is 4.79 Å². The Morgan fingerprint density at radius 1 is 1.40 bits per heavy atom. The van der Waals surface area contributed by atoms with Gasteiger partial charge < -0.3 is 10.1 Å². The third-order valence-electron chi connectivity index (χ3n) is 0.881. The van der Waals surface area contributed by atoms with Crippen LogP contribution in [-0.4, -0.2) is 30.9 Å². The van der Waals surface area contributed by atoms with Gasteiger partial charge in [-0.05, 0) is 27.7 Å². The third kappa shape index (κ3) is 19.6. The Labute approximate surface area is 92.7 Å². The average Bonchev–Trinajstić information content (AvgIpc) is 1.99. The first-order chi connectivity index (χ1) is 6.72. The molecule has 0 fully saturated rings. The Balaban J connectivity index is 0. The Hall–Kier alpha value is -0.765. The topological polar surface area (TPSA) is 72.5 Å². The van der Waals surface area contributed by atoms with Gasteiger partial charge >= 0.3 is 26.8 Å². The van der Waals surface area contributed by atoms with Crippen LogP contribution < -0.4 is 5.32 Å². The molecule has 0 aliphatic carbocycles. The van der Waals surface area contributed by atoms with Gasteiger partial charge in [0.2, 0.25) is 0 Å². The van der Waals surface area contributed by atoms with Crippen LogP contribution in [0.1, 0.15) is 27.7 Å². The van der Waals surface area contributed by atoms with E-state index in [1.165, 1.54) is 6.92 Å². The summed E-state index contributed by atoms with van der Waals surface area (Å²) >= 11 is 0. The quantitative estimate of drug-likeness (QED) is 0.568. The summed E-state index contributed by atoms with van der Waals surface area (Å²) in [5, 5.41) is 2.33. The molecule has 0 aliphatic rings. The number of ether oxygens (including phenoxy) is 1. The van der Waals surface area contributed by atoms with Gasteiger partial charge in [-0.3, -0.25) is 4.79 Å². The van der Waals surface area contributed by atoms with Crippen LogP contribution in [0.15, 0.2) is 0 Å². The number of carbonyl (C=O) groups is 2. The number of nitrogens with one attached hydrogen (secondary N) is 1. The summed E-state index contributed by atoms with van der Waals surface area (Å²) in [7, 11) is 1.90. The van der Waals surface area contributed by atoms with Gasteiger partial charge in [-0.1, -0.05) is 0 Å². The maximum absolute atomic E-state index is 10.9. The van der Waals surface area contributed by atoms with Gasteiger partial charge in [-0.2, -0.15) is 0 Å². The monoisotopic (exact) mass is 233 g/mol. The fraction of sp³-hybridized carbons (Fsp3) is 0.750. The van der Waals surface area contributed by atoms with E-state index >= 15 is 0 Å². The van der Waals surface area contributed by atoms with Gasteiger partial charge in [0.15, 0.2) is 0 Å². The van der Waals surface area contributed by atoms with Crippen molar-refractivity contribution in [1.29, 1.82) is 0 Å². The van der Waals surface area contributed by atoms with Crippen LogP contribution >= 0.6 is 9.12 Å². The van der Waals surface area contributed by atoms with E-state index in [4.69, 9.17) is 9.44 Å². The third-order valence-corrected chi connectivity index (χ3v) is 0.881. The van der Waals surface area contributed by atoms with E-state index in [1.807, 2.05) is 9.12 Å². The number of alkyl carbamates (subject to hydrolysis) is 1. The molecule has 0 rings (SSSR count). The Kier molecular flexibility index (Phi) is 9.48. The molecule has 1 N–H and O–H groups in total. The minimum absolute atomic E-state index is 0.0227. The van der Waals surface area contributed by atoms with Crippen molar-refractivity contribution in [1.82, 2.24) is 5.32 Å². The van der Waals surface area contributed by atoms with E-state index < -0.39 is 11.7 Å². The van der Waals surface area contributed by atoms with Crippen LogP contribution in [0.25, 0.3) is 0 Å². The first kappa shape index (κ1) is 16.7. The Morgan fingerprint density at radius 2 is 1.80 bits per heavy atom. The average molecular weight is 233 g/mol. The second-order valence-electron chi connectivity index (χ2n) is 3.69. The van der Waals surface area contributed by atoms with Gasteiger partial charge in [0.05, 0.1) is 6.54 Å². The molecule has 0 spiro atoms. The zero-order valence-electron chi connectivity index (χ0n) is 9.49. The normalized spacial score (nSPS) is 9.13. The Morgan fingerprint density at radius 3 is 2.07 bits per heavy atom. The van der Waals surface area contributed by atoms with E-state index in [2.05, 4.69) is 5.32 Å². The molecule has 7 heteroatoms. The van der Waals surface area contributed by atoms with E-state index in [1.54, 1.807) is 20.8 Å². The van der Waals surface area contributed by atoms with Crippen molar-refractivity contribution in [3.05, 3.63) is 0 Å². The summed E-state index contributed by atoms with van der Waals surface area (Å²) in [6.45, 7) is 7.38. The molecule has 0 saturated carbocycles. The zero-order chi connectivity index (χ0) is 12.5. The number of carbonyl (C=O) groups excluding carboxylic acids is 2. The van der Waals surface area contributed by atoms with Crippen molar-refractivity contribution >= 4 is 27.9 Å². The van der Waals surface area contributed by atoms with Crippen LogP contribution in [0.3, 0.4) is 0 Å². The molecule has 1 amide bonds. The summed E-state index contributed by atoms with van der Waals surface area (Å²) < 4.78 is 13.7. The molecule has 0 aromatic rings. The van der Waals surface area contributed by atoms with Crippen LogP contribution in [0.2, 0.25) is 0 Å². The fourth-order valence-corrected chi connectivity index (χ4v) is 0.511. The van der Waals surface area contributed by atoms with E-state index in [0.29, 0.717) is 6.87 Å². The molecule has 0 aromatic carbocycles. The summed E-state index contributed by atoms with van der Waals surface area (Å²) in [6.07, 6.45) is -0.558. The molecule has 0 saturated heterocycles. The predicted octanol–water partition coefficient (Wildman–Crippen LogP) is 0.926. The van der Waals surface area contributed by atoms with Gasteiger partial charge in [0.1, 0.15) is 11.4 Å². The van der Waals surface area contributed by atoms with Crippen molar-refractivity contribution < 1.29 is 19.0 Å². The number of amides is 1. The van der Waals surface area contributed by atoms with Crippen molar-refractivity contribution in [2.45, 2.75) is 33.3 Å². The first-order valence-electron chi connectivity index (χ1n) is 4.34. The molecular weight excluding hydrogens is 216 g/mol. The summed E-state index contributed by atoms with van der Waals surface area (Å²) in [5.41, 5.74) is -0.513. The van der Waals surface area contributed by atoms with Gasteiger partial charge in [-0.15, -0.1) is 0 Å². The molecule has 0 bridgehead atoms. The summed E-state index contributed by atoms with van der Waals surface area (Å²) in [5.74, 6) is -0.0964. The molecule has 0 aromatic heterocycles. The second-order valence-corrected chi connectivity index (χ2v) is 3.97. The molecule has 0 aliphatic heterocycles. The molecule has 0 radical (unpaired) electrons. The number of hydrogen-bond donors (Lipinski definition) is 1. The molecule has 5 nitrogen and oxygen atoms in total. The second kappa shape index (κ2) is 8.54. The summed E-state index contributed by atoms with van der Waals surface area (Å²) in [6, 6.07) is 0. The van der Waals surface area contributed by atoms with Gasteiger partial charge in [0.25, 0.3) is 0 Å². The molecule has 1 atom stereocenters. The van der Waals surface area contributed by atoms with E-state index in [-0.39, 0.29) is 12.3 Å². The van der Waals surface area contributed by atoms with Crippen molar-refractivity contribution in [3.8, 4) is 0 Å². The molecule has 0 heterocycles. The molecule has 86 valence electrons. The number of Topliss-reactive ketones (excluding diaryl/α,β-unsaturated/α-hetero) is 1. The van der Waals surface area contributed by atoms with Gasteiger partial charge in [0, 0.05) is 0 Å². The van der Waals surface area contributed by atoms with Crippen molar-refractivity contribution in [2.75, 3.05) is 6.54 Å². The SMILES string of the molecule is CC(=O)CNC(=O)OC(C)(C)C.O=BP. The molecule has 1 unspecified atom stereocenters. The zero-order valence-corrected chi connectivity index (χ0v) is 10.6. The number of ketones is 1. The van der Waals surface area contributed by atoms with E-state index in [0.717, 1.165) is 0 Å². The van der Waals surface area contributed by atoms with Crippen molar-refractivity contribution in [2.24, 2.45) is 0 Å². The van der Waals surface area contributed by atoms with Gasteiger partial charge in [-0.25, -0.2) is 4.79 Å². The number of rotatable bonds is 2. The fourth-order valence-electron chi connectivity index (χ4n) is 0.511. The van der Waals surface area contributed by atoms with Crippen LogP contribution in [0.5, 0.6) is 0 Å². The minimum atomic E-state index is -0.558. The maximum atomic E-state index is 10.9. The molecular formula is C8H17BNO4P. The summed E-state index contributed by atoms with van der Waals surface area (Å²) in [4.78, 5) is 21.3. The predicted molar refractivity (Wildman–Crippen MR) is 61.1 cm³/mol. The van der Waals surface area contributed by atoms with Crippen LogP contribution in [0, 0.1) is 0 Å². The van der Waals surface area contributed by atoms with E-state index in [9.17, 15) is 9.59 Å². The Bertz CT molecular complexity index is 227.